The second-order valence-corrected chi connectivity index (χ2v) is 5.99. The average molecular weight is 464 g/mol. The first-order chi connectivity index (χ1) is 12.2. The second-order valence-electron chi connectivity index (χ2n) is 5.99. The highest BCUT2D eigenvalue weighted by molar-refractivity contribution is 14.0. The molecule has 1 amide bonds. The number of aliphatic imine (C=N–C) groups is 1. The number of hydrogen-bond donors (Lipinski definition) is 2. The summed E-state index contributed by atoms with van der Waals surface area (Å²) in [6, 6.07) is 16.1. The number of guanidine groups is 1. The second kappa shape index (κ2) is 9.56. The minimum absolute atomic E-state index is 0. The van der Waals surface area contributed by atoms with Crippen LogP contribution in [0.15, 0.2) is 53.5 Å². The fourth-order valence-electron chi connectivity index (χ4n) is 3.07. The minimum Gasteiger partial charge on any atom is -0.352 e. The van der Waals surface area contributed by atoms with Crippen molar-refractivity contribution in [1.82, 2.24) is 10.6 Å². The molecule has 2 aromatic carbocycles. The first kappa shape index (κ1) is 20.2. The topological polar surface area (TPSA) is 56.7 Å². The lowest BCUT2D eigenvalue weighted by Crippen LogP contribution is -2.40. The largest absolute Gasteiger partial charge is 0.352 e. The highest BCUT2D eigenvalue weighted by Crippen LogP contribution is 2.27. The molecule has 3 rings (SSSR count). The number of carbonyl (C=O) groups is 1. The quantitative estimate of drug-likeness (QED) is 0.415. The Balaban J connectivity index is 0.00000243. The fraction of sp³-hybridized carbons (Fsp3) is 0.300. The number of anilines is 1. The fourth-order valence-corrected chi connectivity index (χ4v) is 3.07. The number of fused-ring (bicyclic) bond motifs is 1. The molecule has 1 aliphatic rings. The third-order valence-electron chi connectivity index (χ3n) is 4.36. The van der Waals surface area contributed by atoms with Crippen LogP contribution in [0.4, 0.5) is 5.69 Å². The monoisotopic (exact) mass is 464 g/mol. The van der Waals surface area contributed by atoms with Gasteiger partial charge in [0.1, 0.15) is 0 Å². The number of rotatable bonds is 4. The van der Waals surface area contributed by atoms with Gasteiger partial charge in [0.15, 0.2) is 5.96 Å². The molecule has 2 aromatic rings. The highest BCUT2D eigenvalue weighted by Gasteiger charge is 2.22. The van der Waals surface area contributed by atoms with Gasteiger partial charge in [-0.25, -0.2) is 0 Å². The van der Waals surface area contributed by atoms with E-state index < -0.39 is 0 Å². The standard InChI is InChI=1S/C20H24N4O.HI/c1-3-22-19(25)17-10-8-15(9-11-17)14-23-20(21-2)24-13-12-16-6-4-5-7-18(16)24;/h4-11H,3,12-14H2,1-2H3,(H,21,23)(H,22,25);1H. The van der Waals surface area contributed by atoms with Gasteiger partial charge in [-0.05, 0) is 42.7 Å². The van der Waals surface area contributed by atoms with Crippen LogP contribution in [-0.2, 0) is 13.0 Å². The Kier molecular flexibility index (Phi) is 7.44. The summed E-state index contributed by atoms with van der Waals surface area (Å²) in [5.41, 5.74) is 4.38. The molecular formula is C20H25IN4O. The van der Waals surface area contributed by atoms with Gasteiger partial charge in [-0.15, -0.1) is 24.0 Å². The van der Waals surface area contributed by atoms with Crippen LogP contribution in [0, 0.1) is 0 Å². The van der Waals surface area contributed by atoms with Crippen molar-refractivity contribution in [3.05, 3.63) is 65.2 Å². The Morgan fingerprint density at radius 2 is 1.85 bits per heavy atom. The van der Waals surface area contributed by atoms with Crippen molar-refractivity contribution < 1.29 is 4.79 Å². The number of hydrogen-bond acceptors (Lipinski definition) is 2. The van der Waals surface area contributed by atoms with Crippen LogP contribution in [0.1, 0.15) is 28.4 Å². The van der Waals surface area contributed by atoms with E-state index in [9.17, 15) is 4.79 Å². The number of halogens is 1. The number of nitrogens with one attached hydrogen (secondary N) is 2. The lowest BCUT2D eigenvalue weighted by Gasteiger charge is -2.22. The smallest absolute Gasteiger partial charge is 0.251 e. The van der Waals surface area contributed by atoms with E-state index in [1.807, 2.05) is 31.2 Å². The van der Waals surface area contributed by atoms with Crippen LogP contribution in [0.5, 0.6) is 0 Å². The summed E-state index contributed by atoms with van der Waals surface area (Å²) in [4.78, 5) is 18.4. The van der Waals surface area contributed by atoms with Crippen molar-refractivity contribution in [2.75, 3.05) is 25.0 Å². The lowest BCUT2D eigenvalue weighted by atomic mass is 10.1. The molecule has 0 spiro atoms. The summed E-state index contributed by atoms with van der Waals surface area (Å²) in [5.74, 6) is 0.837. The zero-order valence-electron chi connectivity index (χ0n) is 15.2. The van der Waals surface area contributed by atoms with E-state index in [0.717, 1.165) is 24.5 Å². The zero-order chi connectivity index (χ0) is 17.6. The molecular weight excluding hydrogens is 439 g/mol. The van der Waals surface area contributed by atoms with Gasteiger partial charge in [0, 0.05) is 37.9 Å². The lowest BCUT2D eigenvalue weighted by molar-refractivity contribution is 0.0956. The number of benzene rings is 2. The van der Waals surface area contributed by atoms with Crippen LogP contribution in [0.3, 0.4) is 0 Å². The van der Waals surface area contributed by atoms with E-state index in [1.54, 1.807) is 7.05 Å². The van der Waals surface area contributed by atoms with Crippen molar-refractivity contribution in [3.8, 4) is 0 Å². The molecule has 0 saturated carbocycles. The van der Waals surface area contributed by atoms with Gasteiger partial charge in [0.2, 0.25) is 0 Å². The molecule has 0 unspecified atom stereocenters. The number of carbonyl (C=O) groups excluding carboxylic acids is 1. The molecule has 6 heteroatoms. The van der Waals surface area contributed by atoms with Gasteiger partial charge in [0.05, 0.1) is 0 Å². The van der Waals surface area contributed by atoms with Crippen LogP contribution < -0.4 is 15.5 Å². The molecule has 0 bridgehead atoms. The van der Waals surface area contributed by atoms with Gasteiger partial charge >= 0.3 is 0 Å². The van der Waals surface area contributed by atoms with Gasteiger partial charge in [-0.2, -0.15) is 0 Å². The summed E-state index contributed by atoms with van der Waals surface area (Å²) in [6.45, 7) is 4.16. The highest BCUT2D eigenvalue weighted by atomic mass is 127. The van der Waals surface area contributed by atoms with E-state index in [1.165, 1.54) is 11.3 Å². The van der Waals surface area contributed by atoms with Gasteiger partial charge < -0.3 is 15.5 Å². The predicted molar refractivity (Wildman–Crippen MR) is 118 cm³/mol. The summed E-state index contributed by atoms with van der Waals surface area (Å²) in [5, 5.41) is 6.22. The molecule has 0 aromatic heterocycles. The molecule has 1 aliphatic heterocycles. The summed E-state index contributed by atoms with van der Waals surface area (Å²) < 4.78 is 0. The van der Waals surface area contributed by atoms with Gasteiger partial charge in [0.25, 0.3) is 5.91 Å². The van der Waals surface area contributed by atoms with Crippen LogP contribution in [0.2, 0.25) is 0 Å². The molecule has 0 radical (unpaired) electrons. The summed E-state index contributed by atoms with van der Waals surface area (Å²) >= 11 is 0. The zero-order valence-corrected chi connectivity index (χ0v) is 17.5. The van der Waals surface area contributed by atoms with E-state index in [4.69, 9.17) is 0 Å². The SMILES string of the molecule is CCNC(=O)c1ccc(CNC(=NC)N2CCc3ccccc32)cc1.I. The van der Waals surface area contributed by atoms with Crippen LogP contribution in [-0.4, -0.2) is 32.0 Å². The van der Waals surface area contributed by atoms with Gasteiger partial charge in [-0.3, -0.25) is 9.79 Å². The molecule has 2 N–H and O–H groups in total. The molecule has 0 fully saturated rings. The molecule has 0 saturated heterocycles. The van der Waals surface area contributed by atoms with E-state index in [-0.39, 0.29) is 29.9 Å². The summed E-state index contributed by atoms with van der Waals surface area (Å²) in [7, 11) is 1.81. The van der Waals surface area contributed by atoms with Crippen molar-refractivity contribution in [3.63, 3.8) is 0 Å². The van der Waals surface area contributed by atoms with Crippen LogP contribution >= 0.6 is 24.0 Å². The molecule has 1 heterocycles. The Morgan fingerprint density at radius 3 is 2.54 bits per heavy atom. The maximum Gasteiger partial charge on any atom is 0.251 e. The maximum absolute atomic E-state index is 11.8. The van der Waals surface area contributed by atoms with Gasteiger partial charge in [-0.1, -0.05) is 30.3 Å². The number of nitrogens with zero attached hydrogens (tertiary/aromatic N) is 2. The Labute approximate surface area is 171 Å². The molecule has 26 heavy (non-hydrogen) atoms. The van der Waals surface area contributed by atoms with Crippen molar-refractivity contribution in [2.24, 2.45) is 4.99 Å². The first-order valence-corrected chi connectivity index (χ1v) is 8.66. The number of para-hydroxylation sites is 1. The van der Waals surface area contributed by atoms with E-state index in [0.29, 0.717) is 18.7 Å². The molecule has 138 valence electrons. The predicted octanol–water partition coefficient (Wildman–Crippen LogP) is 3.19. The number of amides is 1. The van der Waals surface area contributed by atoms with E-state index >= 15 is 0 Å². The average Bonchev–Trinajstić information content (AvgIpc) is 3.07. The third kappa shape index (κ3) is 4.55. The maximum atomic E-state index is 11.8. The Bertz CT molecular complexity index is 774. The third-order valence-corrected chi connectivity index (χ3v) is 4.36. The van der Waals surface area contributed by atoms with E-state index in [2.05, 4.69) is 44.8 Å². The summed E-state index contributed by atoms with van der Waals surface area (Å²) in [6.07, 6.45) is 1.04. The van der Waals surface area contributed by atoms with Crippen molar-refractivity contribution in [2.45, 2.75) is 19.9 Å². The van der Waals surface area contributed by atoms with Crippen LogP contribution in [0.25, 0.3) is 0 Å². The minimum atomic E-state index is -0.0357. The first-order valence-electron chi connectivity index (χ1n) is 8.66. The Hall–Kier alpha value is -2.09. The van der Waals surface area contributed by atoms with Crippen molar-refractivity contribution >= 4 is 41.5 Å². The molecule has 5 nitrogen and oxygen atoms in total. The Morgan fingerprint density at radius 1 is 1.12 bits per heavy atom. The van der Waals surface area contributed by atoms with Crippen molar-refractivity contribution in [1.29, 1.82) is 0 Å². The molecule has 0 atom stereocenters. The molecule has 0 aliphatic carbocycles. The normalized spacial score (nSPS) is 13.0.